The van der Waals surface area contributed by atoms with E-state index in [-0.39, 0.29) is 11.4 Å². The molecular weight excluding hydrogens is 283 g/mol. The SMILES string of the molecule is CNC(c1ccccc1C(F)(F)F)c1nccnc1OC. The van der Waals surface area contributed by atoms with Crippen LogP contribution in [-0.2, 0) is 6.18 Å². The van der Waals surface area contributed by atoms with Crippen LogP contribution in [0.3, 0.4) is 0 Å². The lowest BCUT2D eigenvalue weighted by Crippen LogP contribution is -2.23. The first-order chi connectivity index (χ1) is 9.99. The second kappa shape index (κ2) is 6.09. The van der Waals surface area contributed by atoms with Crippen LogP contribution in [0.1, 0.15) is 22.9 Å². The molecule has 112 valence electrons. The molecule has 21 heavy (non-hydrogen) atoms. The van der Waals surface area contributed by atoms with E-state index >= 15 is 0 Å². The third-order valence-corrected chi connectivity index (χ3v) is 3.02. The van der Waals surface area contributed by atoms with Gasteiger partial charge in [0.15, 0.2) is 0 Å². The molecule has 0 aliphatic carbocycles. The zero-order valence-electron chi connectivity index (χ0n) is 11.5. The van der Waals surface area contributed by atoms with Crippen molar-refractivity contribution in [1.82, 2.24) is 15.3 Å². The number of aromatic nitrogens is 2. The fourth-order valence-corrected chi connectivity index (χ4v) is 2.14. The number of halogens is 3. The maximum Gasteiger partial charge on any atom is 0.416 e. The predicted octanol–water partition coefficient (Wildman–Crippen LogP) is 2.81. The Kier molecular flexibility index (Phi) is 4.42. The van der Waals surface area contributed by atoms with Crippen LogP contribution < -0.4 is 10.1 Å². The van der Waals surface area contributed by atoms with Crippen molar-refractivity contribution in [1.29, 1.82) is 0 Å². The highest BCUT2D eigenvalue weighted by atomic mass is 19.4. The average molecular weight is 297 g/mol. The Morgan fingerprint density at radius 3 is 2.43 bits per heavy atom. The molecule has 0 saturated carbocycles. The first-order valence-electron chi connectivity index (χ1n) is 6.17. The van der Waals surface area contributed by atoms with Crippen molar-refractivity contribution in [3.8, 4) is 5.88 Å². The average Bonchev–Trinajstić information content (AvgIpc) is 2.48. The van der Waals surface area contributed by atoms with E-state index in [9.17, 15) is 13.2 Å². The van der Waals surface area contributed by atoms with Crippen LogP contribution in [0, 0.1) is 0 Å². The van der Waals surface area contributed by atoms with E-state index in [1.165, 1.54) is 31.6 Å². The van der Waals surface area contributed by atoms with Crippen molar-refractivity contribution in [3.63, 3.8) is 0 Å². The Bertz CT molecular complexity index is 616. The van der Waals surface area contributed by atoms with Gasteiger partial charge in [-0.3, -0.25) is 4.98 Å². The highest BCUT2D eigenvalue weighted by Gasteiger charge is 2.36. The first kappa shape index (κ1) is 15.2. The molecule has 0 saturated heterocycles. The van der Waals surface area contributed by atoms with Gasteiger partial charge in [0.05, 0.1) is 18.7 Å². The molecule has 7 heteroatoms. The minimum absolute atomic E-state index is 0.0753. The van der Waals surface area contributed by atoms with Crippen molar-refractivity contribution in [2.45, 2.75) is 12.2 Å². The zero-order chi connectivity index (χ0) is 15.5. The maximum atomic E-state index is 13.1. The number of ether oxygens (including phenoxy) is 1. The maximum absolute atomic E-state index is 13.1. The Morgan fingerprint density at radius 2 is 1.81 bits per heavy atom. The lowest BCUT2D eigenvalue weighted by Gasteiger charge is -2.21. The summed E-state index contributed by atoms with van der Waals surface area (Å²) in [6.45, 7) is 0. The standard InChI is InChI=1S/C14H14F3N3O/c1-18-11(12-13(21-2)20-8-7-19-12)9-5-3-4-6-10(9)14(15,16)17/h3-8,11,18H,1-2H3. The Hall–Kier alpha value is -2.15. The molecule has 2 rings (SSSR count). The number of alkyl halides is 3. The largest absolute Gasteiger partial charge is 0.480 e. The number of rotatable bonds is 4. The van der Waals surface area contributed by atoms with Crippen molar-refractivity contribution in [2.24, 2.45) is 0 Å². The van der Waals surface area contributed by atoms with Crippen LogP contribution >= 0.6 is 0 Å². The van der Waals surface area contributed by atoms with Crippen LogP contribution in [-0.4, -0.2) is 24.1 Å². The first-order valence-corrected chi connectivity index (χ1v) is 6.17. The van der Waals surface area contributed by atoms with Gasteiger partial charge in [-0.1, -0.05) is 18.2 Å². The lowest BCUT2D eigenvalue weighted by molar-refractivity contribution is -0.138. The number of hydrogen-bond acceptors (Lipinski definition) is 4. The van der Waals surface area contributed by atoms with E-state index in [0.717, 1.165) is 6.07 Å². The highest BCUT2D eigenvalue weighted by Crippen LogP contribution is 2.37. The van der Waals surface area contributed by atoms with E-state index < -0.39 is 17.8 Å². The van der Waals surface area contributed by atoms with Crippen LogP contribution in [0.2, 0.25) is 0 Å². The summed E-state index contributed by atoms with van der Waals surface area (Å²) in [5.74, 6) is 0.189. The Balaban J connectivity index is 2.58. The Morgan fingerprint density at radius 1 is 1.14 bits per heavy atom. The predicted molar refractivity (Wildman–Crippen MR) is 70.9 cm³/mol. The molecular formula is C14H14F3N3O. The van der Waals surface area contributed by atoms with Crippen molar-refractivity contribution < 1.29 is 17.9 Å². The number of nitrogens with one attached hydrogen (secondary N) is 1. The summed E-state index contributed by atoms with van der Waals surface area (Å²) >= 11 is 0. The van der Waals surface area contributed by atoms with E-state index in [2.05, 4.69) is 15.3 Å². The van der Waals surface area contributed by atoms with E-state index in [1.807, 2.05) is 0 Å². The van der Waals surface area contributed by atoms with E-state index in [4.69, 9.17) is 4.74 Å². The summed E-state index contributed by atoms with van der Waals surface area (Å²) < 4.78 is 44.5. The monoisotopic (exact) mass is 297 g/mol. The van der Waals surface area contributed by atoms with Gasteiger partial charge in [0.2, 0.25) is 5.88 Å². The summed E-state index contributed by atoms with van der Waals surface area (Å²) in [6, 6.07) is 4.59. The minimum Gasteiger partial charge on any atom is -0.480 e. The summed E-state index contributed by atoms with van der Waals surface area (Å²) in [6.07, 6.45) is -1.61. The van der Waals surface area contributed by atoms with Gasteiger partial charge in [-0.15, -0.1) is 0 Å². The van der Waals surface area contributed by atoms with Crippen molar-refractivity contribution in [2.75, 3.05) is 14.2 Å². The van der Waals surface area contributed by atoms with Crippen LogP contribution in [0.5, 0.6) is 5.88 Å². The van der Waals surface area contributed by atoms with Crippen LogP contribution in [0.15, 0.2) is 36.7 Å². The molecule has 0 radical (unpaired) electrons. The van der Waals surface area contributed by atoms with Gasteiger partial charge in [0.1, 0.15) is 5.69 Å². The third kappa shape index (κ3) is 3.13. The van der Waals surface area contributed by atoms with Crippen molar-refractivity contribution >= 4 is 0 Å². The van der Waals surface area contributed by atoms with Crippen molar-refractivity contribution in [3.05, 3.63) is 53.5 Å². The Labute approximate surface area is 120 Å². The van der Waals surface area contributed by atoms with Crippen LogP contribution in [0.25, 0.3) is 0 Å². The molecule has 1 aromatic carbocycles. The summed E-state index contributed by atoms with van der Waals surface area (Å²) in [5.41, 5.74) is -0.331. The lowest BCUT2D eigenvalue weighted by atomic mass is 9.97. The van der Waals surface area contributed by atoms with Gasteiger partial charge in [-0.05, 0) is 18.7 Å². The molecule has 0 amide bonds. The number of hydrogen-bond donors (Lipinski definition) is 1. The number of benzene rings is 1. The minimum atomic E-state index is -4.44. The molecule has 0 aliphatic heterocycles. The molecule has 1 heterocycles. The zero-order valence-corrected chi connectivity index (χ0v) is 11.5. The second-order valence-electron chi connectivity index (χ2n) is 4.26. The van der Waals surface area contributed by atoms with Gasteiger partial charge in [0.25, 0.3) is 0 Å². The summed E-state index contributed by atoms with van der Waals surface area (Å²) in [5, 5.41) is 2.84. The quantitative estimate of drug-likeness (QED) is 0.942. The molecule has 0 spiro atoms. The molecule has 4 nitrogen and oxygen atoms in total. The normalized spacial score (nSPS) is 13.0. The molecule has 0 aliphatic rings. The number of nitrogens with zero attached hydrogens (tertiary/aromatic N) is 2. The summed E-state index contributed by atoms with van der Waals surface area (Å²) in [4.78, 5) is 8.08. The fraction of sp³-hybridized carbons (Fsp3) is 0.286. The van der Waals surface area contributed by atoms with Gasteiger partial charge in [-0.2, -0.15) is 13.2 Å². The van der Waals surface area contributed by atoms with E-state index in [1.54, 1.807) is 13.1 Å². The number of methoxy groups -OCH3 is 1. The van der Waals surface area contributed by atoms with Gasteiger partial charge in [0, 0.05) is 12.4 Å². The smallest absolute Gasteiger partial charge is 0.416 e. The highest BCUT2D eigenvalue weighted by molar-refractivity contribution is 5.39. The molecule has 2 aromatic rings. The molecule has 1 unspecified atom stereocenters. The molecule has 1 atom stereocenters. The van der Waals surface area contributed by atoms with E-state index in [0.29, 0.717) is 5.69 Å². The second-order valence-corrected chi connectivity index (χ2v) is 4.26. The molecule has 1 aromatic heterocycles. The van der Waals surface area contributed by atoms with Gasteiger partial charge >= 0.3 is 6.18 Å². The topological polar surface area (TPSA) is 47.0 Å². The van der Waals surface area contributed by atoms with Gasteiger partial charge in [-0.25, -0.2) is 4.98 Å². The van der Waals surface area contributed by atoms with Gasteiger partial charge < -0.3 is 10.1 Å². The fourth-order valence-electron chi connectivity index (χ4n) is 2.14. The molecule has 1 N–H and O–H groups in total. The van der Waals surface area contributed by atoms with Crippen LogP contribution in [0.4, 0.5) is 13.2 Å². The third-order valence-electron chi connectivity index (χ3n) is 3.02. The molecule has 0 bridgehead atoms. The summed E-state index contributed by atoms with van der Waals surface area (Å²) in [7, 11) is 2.96. The molecule has 0 fully saturated rings.